The maximum Gasteiger partial charge on any atom is 0.410 e. The molecule has 2 atom stereocenters. The molecule has 1 aromatic carbocycles. The number of hydrogen-bond acceptors (Lipinski definition) is 6. The lowest BCUT2D eigenvalue weighted by atomic mass is 9.99. The molecule has 0 radical (unpaired) electrons. The number of carbonyl (C=O) groups excluding carboxylic acids is 2. The molecular weight excluding hydrogens is 525 g/mol. The van der Waals surface area contributed by atoms with Crippen LogP contribution in [0.5, 0.6) is 5.88 Å². The molecule has 3 aliphatic rings. The quantitative estimate of drug-likeness (QED) is 0.521. The second-order valence-electron chi connectivity index (χ2n) is 11.3. The van der Waals surface area contributed by atoms with Crippen LogP contribution in [0.3, 0.4) is 0 Å². The fraction of sp³-hybridized carbons (Fsp3) is 0.556. The van der Waals surface area contributed by atoms with Crippen molar-refractivity contribution in [1.82, 2.24) is 19.4 Å². The molecular formula is C27H36FN5O5S. The van der Waals surface area contributed by atoms with Crippen LogP contribution in [0.2, 0.25) is 0 Å². The van der Waals surface area contributed by atoms with Crippen molar-refractivity contribution < 1.29 is 27.7 Å². The summed E-state index contributed by atoms with van der Waals surface area (Å²) in [7, 11) is -3.33. The normalized spacial score (nSPS) is 19.2. The summed E-state index contributed by atoms with van der Waals surface area (Å²) in [5.74, 6) is 3.98. The third-order valence-electron chi connectivity index (χ3n) is 7.27. The molecule has 10 nitrogen and oxygen atoms in total. The Morgan fingerprint density at radius 2 is 1.90 bits per heavy atom. The van der Waals surface area contributed by atoms with E-state index in [2.05, 4.69) is 27.1 Å². The lowest BCUT2D eigenvalue weighted by Gasteiger charge is -2.35. The number of halogens is 1. The summed E-state index contributed by atoms with van der Waals surface area (Å²) < 4.78 is 42.2. The van der Waals surface area contributed by atoms with Gasteiger partial charge >= 0.3 is 12.1 Å². The Kier molecular flexibility index (Phi) is 7.25. The average molecular weight is 562 g/mol. The van der Waals surface area contributed by atoms with E-state index in [1.807, 2.05) is 0 Å². The van der Waals surface area contributed by atoms with Crippen LogP contribution >= 0.6 is 0 Å². The number of nitrogens with one attached hydrogen (secondary N) is 2. The molecule has 39 heavy (non-hydrogen) atoms. The molecule has 1 unspecified atom stereocenters. The third-order valence-corrected chi connectivity index (χ3v) is 8.78. The topological polar surface area (TPSA) is 115 Å². The van der Waals surface area contributed by atoms with Gasteiger partial charge in [0.2, 0.25) is 5.88 Å². The number of fused-ring (bicyclic) bond motifs is 3. The molecule has 1 aromatic heterocycles. The molecule has 0 spiro atoms. The summed E-state index contributed by atoms with van der Waals surface area (Å²) in [4.78, 5) is 27.2. The number of aromatic nitrogens is 2. The minimum Gasteiger partial charge on any atom is -0.475 e. The van der Waals surface area contributed by atoms with Crippen molar-refractivity contribution in [1.29, 1.82) is 0 Å². The number of nitrogens with zero attached hydrogens (tertiary/aromatic N) is 3. The number of carbonyl (C=O) groups is 2. The van der Waals surface area contributed by atoms with E-state index in [-0.39, 0.29) is 30.5 Å². The maximum atomic E-state index is 13.6. The minimum absolute atomic E-state index is 0.0158. The number of ether oxygens (including phenoxy) is 2. The molecule has 2 heterocycles. The summed E-state index contributed by atoms with van der Waals surface area (Å²) >= 11 is 0. The first-order chi connectivity index (χ1) is 18.5. The van der Waals surface area contributed by atoms with Gasteiger partial charge in [-0.1, -0.05) is 6.07 Å². The zero-order chi connectivity index (χ0) is 27.9. The van der Waals surface area contributed by atoms with Crippen LogP contribution < -0.4 is 14.8 Å². The van der Waals surface area contributed by atoms with E-state index in [1.54, 1.807) is 20.8 Å². The molecule has 2 N–H and O–H groups in total. The predicted molar refractivity (Wildman–Crippen MR) is 147 cm³/mol. The standard InChI is InChI=1S/C27H36FN5O5S/c1-27(2,3)38-26(35)32(12-11-28)19-15-33-24(37-16-19)22(14-29-33)39(4,36)31-25(34)30-23-20-9-5-7-17(20)13-18-8-6-10-21(18)23/h13-14,19H,4-12,15-16H2,1-3H3,(H2,30,31,34,36)/t19-,39?/m0/s1. The highest BCUT2D eigenvalue weighted by Crippen LogP contribution is 2.38. The SMILES string of the molecule is C=S(=O)(NC(=O)Nc1c2c(cc3c1CCC3)CCC2)c1cnn2c1OC[C@@H](N(CCF)C(=O)OC(C)(C)C)C2. The first-order valence-electron chi connectivity index (χ1n) is 13.3. The highest BCUT2D eigenvalue weighted by atomic mass is 32.2. The largest absolute Gasteiger partial charge is 0.475 e. The van der Waals surface area contributed by atoms with Crippen LogP contribution in [-0.4, -0.2) is 68.4 Å². The maximum absolute atomic E-state index is 13.6. The van der Waals surface area contributed by atoms with Crippen molar-refractivity contribution in [3.63, 3.8) is 0 Å². The molecule has 1 aliphatic heterocycles. The van der Waals surface area contributed by atoms with Crippen LogP contribution in [-0.2, 0) is 46.7 Å². The predicted octanol–water partition coefficient (Wildman–Crippen LogP) is 3.64. The number of aryl methyl sites for hydroxylation is 2. The zero-order valence-corrected chi connectivity index (χ0v) is 23.5. The molecule has 0 fully saturated rings. The van der Waals surface area contributed by atoms with Crippen molar-refractivity contribution in [2.45, 2.75) is 82.4 Å². The second-order valence-corrected chi connectivity index (χ2v) is 13.3. The van der Waals surface area contributed by atoms with Gasteiger partial charge in [0.15, 0.2) is 0 Å². The van der Waals surface area contributed by atoms with Gasteiger partial charge in [-0.25, -0.2) is 22.9 Å². The third kappa shape index (κ3) is 5.57. The Morgan fingerprint density at radius 3 is 2.51 bits per heavy atom. The number of alkyl halides is 1. The number of urea groups is 1. The van der Waals surface area contributed by atoms with E-state index in [0.717, 1.165) is 44.2 Å². The van der Waals surface area contributed by atoms with Gasteiger partial charge in [-0.2, -0.15) is 5.10 Å². The van der Waals surface area contributed by atoms with Crippen molar-refractivity contribution in [2.75, 3.05) is 25.1 Å². The van der Waals surface area contributed by atoms with E-state index in [0.29, 0.717) is 0 Å². The highest BCUT2D eigenvalue weighted by molar-refractivity contribution is 7.99. The van der Waals surface area contributed by atoms with Gasteiger partial charge in [-0.15, -0.1) is 0 Å². The Labute approximate surface area is 228 Å². The van der Waals surface area contributed by atoms with Crippen LogP contribution in [0.4, 0.5) is 19.7 Å². The molecule has 0 bridgehead atoms. The Morgan fingerprint density at radius 1 is 1.23 bits per heavy atom. The summed E-state index contributed by atoms with van der Waals surface area (Å²) in [5, 5.41) is 7.24. The van der Waals surface area contributed by atoms with Crippen LogP contribution in [0, 0.1) is 0 Å². The molecule has 3 amide bonds. The van der Waals surface area contributed by atoms with Gasteiger partial charge in [0.05, 0.1) is 35.0 Å². The Bertz CT molecular complexity index is 1370. The monoisotopic (exact) mass is 561 g/mol. The second kappa shape index (κ2) is 10.4. The van der Waals surface area contributed by atoms with Crippen molar-refractivity contribution in [2.24, 2.45) is 0 Å². The van der Waals surface area contributed by atoms with Gasteiger partial charge in [0.1, 0.15) is 23.8 Å². The first-order valence-corrected chi connectivity index (χ1v) is 15.1. The lowest BCUT2D eigenvalue weighted by molar-refractivity contribution is 0.00108. The van der Waals surface area contributed by atoms with Gasteiger partial charge in [-0.05, 0) is 87.4 Å². The van der Waals surface area contributed by atoms with Crippen LogP contribution in [0.15, 0.2) is 17.2 Å². The summed E-state index contributed by atoms with van der Waals surface area (Å²) in [5.41, 5.74) is 5.00. The number of anilines is 1. The molecule has 2 aliphatic carbocycles. The number of rotatable bonds is 6. The fourth-order valence-corrected chi connectivity index (χ4v) is 6.74. The van der Waals surface area contributed by atoms with Crippen LogP contribution in [0.25, 0.3) is 0 Å². The van der Waals surface area contributed by atoms with Gasteiger partial charge in [0, 0.05) is 5.69 Å². The summed E-state index contributed by atoms with van der Waals surface area (Å²) in [6.07, 6.45) is 6.63. The molecule has 2 aromatic rings. The van der Waals surface area contributed by atoms with Crippen molar-refractivity contribution in [3.05, 3.63) is 34.5 Å². The summed E-state index contributed by atoms with van der Waals surface area (Å²) in [6.45, 7) is 4.50. The molecule has 5 rings (SSSR count). The van der Waals surface area contributed by atoms with E-state index >= 15 is 0 Å². The number of amides is 3. The van der Waals surface area contributed by atoms with E-state index in [1.165, 1.54) is 38.0 Å². The summed E-state index contributed by atoms with van der Waals surface area (Å²) in [6, 6.07) is 1.13. The minimum atomic E-state index is -3.33. The zero-order valence-electron chi connectivity index (χ0n) is 22.7. The smallest absolute Gasteiger partial charge is 0.410 e. The molecule has 212 valence electrons. The number of benzene rings is 1. The lowest BCUT2D eigenvalue weighted by Crippen LogP contribution is -2.50. The van der Waals surface area contributed by atoms with Crippen molar-refractivity contribution >= 4 is 33.4 Å². The fourth-order valence-electron chi connectivity index (χ4n) is 5.62. The molecule has 0 saturated carbocycles. The number of hydrogen-bond donors (Lipinski definition) is 2. The van der Waals surface area contributed by atoms with E-state index in [9.17, 15) is 18.2 Å². The van der Waals surface area contributed by atoms with Gasteiger partial charge in [-0.3, -0.25) is 9.62 Å². The average Bonchev–Trinajstić information content (AvgIpc) is 3.59. The van der Waals surface area contributed by atoms with Crippen molar-refractivity contribution in [3.8, 4) is 5.88 Å². The highest BCUT2D eigenvalue weighted by Gasteiger charge is 2.35. The van der Waals surface area contributed by atoms with E-state index < -0.39 is 40.1 Å². The Hall–Kier alpha value is -3.28. The van der Waals surface area contributed by atoms with E-state index in [4.69, 9.17) is 9.47 Å². The molecule has 12 heteroatoms. The first kappa shape index (κ1) is 27.3. The van der Waals surface area contributed by atoms with Crippen LogP contribution in [0.1, 0.15) is 55.9 Å². The van der Waals surface area contributed by atoms with Gasteiger partial charge in [0.25, 0.3) is 0 Å². The Balaban J connectivity index is 1.30. The van der Waals surface area contributed by atoms with Gasteiger partial charge < -0.3 is 14.8 Å². The molecule has 0 saturated heterocycles.